The molecule has 0 aliphatic carbocycles. The van der Waals surface area contributed by atoms with Crippen molar-refractivity contribution >= 4 is 33.1 Å². The molecule has 0 spiro atoms. The maximum Gasteiger partial charge on any atom is 0.265 e. The number of para-hydroxylation sites is 1. The first-order valence-electron chi connectivity index (χ1n) is 4.84. The highest BCUT2D eigenvalue weighted by Crippen LogP contribution is 2.22. The Labute approximate surface area is 109 Å². The van der Waals surface area contributed by atoms with Crippen LogP contribution in [0, 0.1) is 0 Å². The lowest BCUT2D eigenvalue weighted by Gasteiger charge is -2.09. The van der Waals surface area contributed by atoms with Crippen LogP contribution < -0.4 is 10.5 Å². The predicted octanol–water partition coefficient (Wildman–Crippen LogP) is 1.51. The van der Waals surface area contributed by atoms with Crippen molar-refractivity contribution in [2.75, 3.05) is 10.5 Å². The molecule has 1 aromatic heterocycles. The largest absolute Gasteiger partial charge is 0.398 e. The van der Waals surface area contributed by atoms with Crippen molar-refractivity contribution in [1.82, 2.24) is 9.97 Å². The molecule has 0 aliphatic heterocycles. The molecule has 3 N–H and O–H groups in total. The molecule has 2 aromatic rings. The number of anilines is 2. The Morgan fingerprint density at radius 2 is 1.83 bits per heavy atom. The van der Waals surface area contributed by atoms with Crippen LogP contribution in [0.3, 0.4) is 0 Å². The van der Waals surface area contributed by atoms with Crippen LogP contribution in [0.5, 0.6) is 0 Å². The van der Waals surface area contributed by atoms with E-state index in [1.807, 2.05) is 0 Å². The van der Waals surface area contributed by atoms with E-state index in [4.69, 9.17) is 17.3 Å². The molecule has 0 saturated heterocycles. The van der Waals surface area contributed by atoms with Gasteiger partial charge in [0.25, 0.3) is 10.0 Å². The first-order chi connectivity index (χ1) is 8.50. The topological polar surface area (TPSA) is 98.0 Å². The highest BCUT2D eigenvalue weighted by Gasteiger charge is 2.19. The molecule has 6 nitrogen and oxygen atoms in total. The minimum absolute atomic E-state index is 0.0319. The maximum absolute atomic E-state index is 12.1. The molecule has 0 unspecified atom stereocenters. The lowest BCUT2D eigenvalue weighted by molar-refractivity contribution is 0.601. The fourth-order valence-corrected chi connectivity index (χ4v) is 2.66. The lowest BCUT2D eigenvalue weighted by Crippen LogP contribution is -2.16. The van der Waals surface area contributed by atoms with E-state index in [9.17, 15) is 8.42 Å². The Morgan fingerprint density at radius 3 is 2.50 bits per heavy atom. The summed E-state index contributed by atoms with van der Waals surface area (Å²) in [7, 11) is -3.83. The zero-order chi connectivity index (χ0) is 13.2. The molecule has 0 bridgehead atoms. The standard InChI is InChI=1S/C10H9ClN4O2S/c11-9-10(14-6-5-13-9)15-18(16,17)8-4-2-1-3-7(8)12/h1-6H,12H2,(H,14,15). The van der Waals surface area contributed by atoms with Crippen molar-refractivity contribution in [3.05, 3.63) is 41.8 Å². The number of rotatable bonds is 3. The van der Waals surface area contributed by atoms with E-state index in [1.54, 1.807) is 12.1 Å². The molecular formula is C10H9ClN4O2S. The number of nitrogens with zero attached hydrogens (tertiary/aromatic N) is 2. The molecule has 94 valence electrons. The van der Waals surface area contributed by atoms with Crippen LogP contribution >= 0.6 is 11.6 Å². The van der Waals surface area contributed by atoms with Gasteiger partial charge in [-0.2, -0.15) is 0 Å². The van der Waals surface area contributed by atoms with E-state index < -0.39 is 10.0 Å². The number of sulfonamides is 1. The van der Waals surface area contributed by atoms with Gasteiger partial charge in [0.15, 0.2) is 11.0 Å². The summed E-state index contributed by atoms with van der Waals surface area (Å²) in [6.07, 6.45) is 2.69. The van der Waals surface area contributed by atoms with E-state index in [2.05, 4.69) is 14.7 Å². The second-order valence-corrected chi connectivity index (χ2v) is 5.35. The molecule has 8 heteroatoms. The summed E-state index contributed by atoms with van der Waals surface area (Å²) in [5.74, 6) is -0.0394. The number of nitrogens with one attached hydrogen (secondary N) is 1. The Balaban J connectivity index is 2.40. The third kappa shape index (κ3) is 2.52. The molecule has 0 atom stereocenters. The fourth-order valence-electron chi connectivity index (χ4n) is 1.30. The molecule has 0 saturated carbocycles. The monoisotopic (exact) mass is 284 g/mol. The Bertz CT molecular complexity index is 675. The molecule has 0 amide bonds. The van der Waals surface area contributed by atoms with Crippen molar-refractivity contribution in [3.63, 3.8) is 0 Å². The summed E-state index contributed by atoms with van der Waals surface area (Å²) in [4.78, 5) is 7.48. The van der Waals surface area contributed by atoms with Gasteiger partial charge in [-0.25, -0.2) is 18.4 Å². The zero-order valence-electron chi connectivity index (χ0n) is 9.04. The smallest absolute Gasteiger partial charge is 0.265 e. The average Bonchev–Trinajstić information content (AvgIpc) is 2.32. The zero-order valence-corrected chi connectivity index (χ0v) is 10.6. The molecule has 18 heavy (non-hydrogen) atoms. The summed E-state index contributed by atoms with van der Waals surface area (Å²) >= 11 is 5.73. The number of hydrogen-bond acceptors (Lipinski definition) is 5. The summed E-state index contributed by atoms with van der Waals surface area (Å²) in [6.45, 7) is 0. The van der Waals surface area contributed by atoms with E-state index in [0.29, 0.717) is 0 Å². The molecule has 0 radical (unpaired) electrons. The number of nitrogen functional groups attached to an aromatic ring is 1. The Hall–Kier alpha value is -1.86. The van der Waals surface area contributed by atoms with E-state index in [1.165, 1.54) is 24.5 Å². The van der Waals surface area contributed by atoms with E-state index in [0.717, 1.165) is 0 Å². The number of hydrogen-bond donors (Lipinski definition) is 2. The first-order valence-corrected chi connectivity index (χ1v) is 6.70. The highest BCUT2D eigenvalue weighted by molar-refractivity contribution is 7.92. The lowest BCUT2D eigenvalue weighted by atomic mass is 10.3. The highest BCUT2D eigenvalue weighted by atomic mass is 35.5. The number of halogens is 1. The SMILES string of the molecule is Nc1ccccc1S(=O)(=O)Nc1nccnc1Cl. The van der Waals surface area contributed by atoms with Crippen molar-refractivity contribution < 1.29 is 8.42 Å². The summed E-state index contributed by atoms with van der Waals surface area (Å²) < 4.78 is 26.3. The van der Waals surface area contributed by atoms with Gasteiger partial charge in [0.1, 0.15) is 4.90 Å². The molecule has 2 rings (SSSR count). The van der Waals surface area contributed by atoms with Gasteiger partial charge in [-0.3, -0.25) is 4.72 Å². The van der Waals surface area contributed by atoms with Crippen LogP contribution in [0.2, 0.25) is 5.15 Å². The van der Waals surface area contributed by atoms with Gasteiger partial charge in [0.05, 0.1) is 5.69 Å². The van der Waals surface area contributed by atoms with Crippen LogP contribution in [0.1, 0.15) is 0 Å². The van der Waals surface area contributed by atoms with Crippen LogP contribution in [-0.4, -0.2) is 18.4 Å². The number of aromatic nitrogens is 2. The van der Waals surface area contributed by atoms with Crippen LogP contribution in [0.15, 0.2) is 41.6 Å². The second kappa shape index (κ2) is 4.79. The minimum atomic E-state index is -3.83. The molecular weight excluding hydrogens is 276 g/mol. The predicted molar refractivity (Wildman–Crippen MR) is 68.7 cm³/mol. The first kappa shape index (κ1) is 12.6. The van der Waals surface area contributed by atoms with Crippen molar-refractivity contribution in [2.24, 2.45) is 0 Å². The normalized spacial score (nSPS) is 11.2. The van der Waals surface area contributed by atoms with E-state index >= 15 is 0 Å². The van der Waals surface area contributed by atoms with Crippen LogP contribution in [-0.2, 0) is 10.0 Å². The Kier molecular flexibility index (Phi) is 3.35. The van der Waals surface area contributed by atoms with Gasteiger partial charge in [0.2, 0.25) is 0 Å². The van der Waals surface area contributed by atoms with Crippen LogP contribution in [0.4, 0.5) is 11.5 Å². The summed E-state index contributed by atoms with van der Waals surface area (Å²) in [5, 5.41) is -0.0319. The van der Waals surface area contributed by atoms with E-state index in [-0.39, 0.29) is 21.6 Å². The fraction of sp³-hybridized carbons (Fsp3) is 0. The molecule has 0 fully saturated rings. The molecule has 0 aliphatic rings. The quantitative estimate of drug-likeness (QED) is 0.833. The maximum atomic E-state index is 12.1. The van der Waals surface area contributed by atoms with Crippen molar-refractivity contribution in [2.45, 2.75) is 4.90 Å². The van der Waals surface area contributed by atoms with Gasteiger partial charge in [-0.1, -0.05) is 23.7 Å². The Morgan fingerprint density at radius 1 is 1.17 bits per heavy atom. The second-order valence-electron chi connectivity index (χ2n) is 3.34. The third-order valence-electron chi connectivity index (χ3n) is 2.09. The number of benzene rings is 1. The van der Waals surface area contributed by atoms with Gasteiger partial charge < -0.3 is 5.73 Å². The third-order valence-corrected chi connectivity index (χ3v) is 3.78. The summed E-state index contributed by atoms with van der Waals surface area (Å²) in [5.41, 5.74) is 5.75. The van der Waals surface area contributed by atoms with Gasteiger partial charge in [-0.15, -0.1) is 0 Å². The van der Waals surface area contributed by atoms with Crippen molar-refractivity contribution in [3.8, 4) is 0 Å². The van der Waals surface area contributed by atoms with Gasteiger partial charge >= 0.3 is 0 Å². The molecule has 1 aromatic carbocycles. The average molecular weight is 285 g/mol. The van der Waals surface area contributed by atoms with Gasteiger partial charge in [-0.05, 0) is 12.1 Å². The summed E-state index contributed by atoms with van der Waals surface area (Å²) in [6, 6.07) is 6.10. The minimum Gasteiger partial charge on any atom is -0.398 e. The van der Waals surface area contributed by atoms with Gasteiger partial charge in [0, 0.05) is 12.4 Å². The number of nitrogens with two attached hydrogens (primary N) is 1. The van der Waals surface area contributed by atoms with Crippen molar-refractivity contribution in [1.29, 1.82) is 0 Å². The molecule has 1 heterocycles. The van der Waals surface area contributed by atoms with Crippen LogP contribution in [0.25, 0.3) is 0 Å².